The van der Waals surface area contributed by atoms with E-state index in [9.17, 15) is 0 Å². The second-order valence-corrected chi connectivity index (χ2v) is 6.98. The van der Waals surface area contributed by atoms with Crippen molar-refractivity contribution in [1.29, 1.82) is 0 Å². The van der Waals surface area contributed by atoms with Gasteiger partial charge in [0, 0.05) is 17.5 Å². The van der Waals surface area contributed by atoms with Crippen molar-refractivity contribution in [2.24, 2.45) is 0 Å². The molecule has 0 heterocycles. The van der Waals surface area contributed by atoms with Crippen molar-refractivity contribution in [3.63, 3.8) is 0 Å². The van der Waals surface area contributed by atoms with E-state index in [2.05, 4.69) is 46.7 Å². The third-order valence-electron chi connectivity index (χ3n) is 2.32. The van der Waals surface area contributed by atoms with Gasteiger partial charge in [-0.1, -0.05) is 0 Å². The Balaban J connectivity index is 3.65. The van der Waals surface area contributed by atoms with Crippen LogP contribution in [0.15, 0.2) is 0 Å². The SMILES string of the molecule is CC(C)OCSCC(CSCOC(C)C)N(C)C. The van der Waals surface area contributed by atoms with Gasteiger partial charge in [0.1, 0.15) is 0 Å². The summed E-state index contributed by atoms with van der Waals surface area (Å²) in [6.07, 6.45) is 0.647. The first kappa shape index (κ1) is 18.6. The Morgan fingerprint density at radius 2 is 1.22 bits per heavy atom. The normalized spacial score (nSPS) is 12.3. The van der Waals surface area contributed by atoms with E-state index in [1.54, 1.807) is 0 Å². The molecule has 0 bridgehead atoms. The van der Waals surface area contributed by atoms with Crippen LogP contribution in [0.1, 0.15) is 27.7 Å². The zero-order valence-corrected chi connectivity index (χ0v) is 14.3. The fraction of sp³-hybridized carbons (Fsp3) is 1.00. The Morgan fingerprint density at radius 3 is 1.50 bits per heavy atom. The molecule has 0 N–H and O–H groups in total. The zero-order chi connectivity index (χ0) is 14.0. The molecule has 0 aliphatic rings. The molecule has 0 atom stereocenters. The van der Waals surface area contributed by atoms with Gasteiger partial charge in [-0.05, 0) is 41.8 Å². The summed E-state index contributed by atoms with van der Waals surface area (Å²) in [4.78, 5) is 2.28. The number of hydrogen-bond donors (Lipinski definition) is 0. The average Bonchev–Trinajstić information content (AvgIpc) is 2.25. The van der Waals surface area contributed by atoms with Crippen LogP contribution >= 0.6 is 23.5 Å². The number of hydrogen-bond acceptors (Lipinski definition) is 5. The van der Waals surface area contributed by atoms with E-state index in [4.69, 9.17) is 9.47 Å². The van der Waals surface area contributed by atoms with Crippen LogP contribution in [0.3, 0.4) is 0 Å². The molecular formula is C13H29NO2S2. The van der Waals surface area contributed by atoms with Crippen molar-refractivity contribution >= 4 is 23.5 Å². The van der Waals surface area contributed by atoms with Gasteiger partial charge in [-0.25, -0.2) is 0 Å². The molecule has 0 aromatic rings. The minimum absolute atomic E-state index is 0.323. The lowest BCUT2D eigenvalue weighted by Crippen LogP contribution is -2.33. The summed E-state index contributed by atoms with van der Waals surface area (Å²) in [5.41, 5.74) is 0. The predicted octanol–water partition coefficient (Wildman–Crippen LogP) is 3.15. The minimum atomic E-state index is 0.323. The number of nitrogens with zero attached hydrogens (tertiary/aromatic N) is 1. The average molecular weight is 296 g/mol. The topological polar surface area (TPSA) is 21.7 Å². The molecule has 0 aliphatic heterocycles. The van der Waals surface area contributed by atoms with Crippen LogP contribution in [0.4, 0.5) is 0 Å². The largest absolute Gasteiger partial charge is 0.368 e. The lowest BCUT2D eigenvalue weighted by molar-refractivity contribution is 0.120. The van der Waals surface area contributed by atoms with E-state index < -0.39 is 0 Å². The molecule has 110 valence electrons. The molecule has 18 heavy (non-hydrogen) atoms. The maximum Gasteiger partial charge on any atom is 0.0924 e. The molecule has 5 heteroatoms. The fourth-order valence-corrected chi connectivity index (χ4v) is 3.54. The molecule has 0 fully saturated rings. The van der Waals surface area contributed by atoms with E-state index in [0.29, 0.717) is 18.2 Å². The second kappa shape index (κ2) is 11.4. The Morgan fingerprint density at radius 1 is 0.833 bits per heavy atom. The molecule has 0 aliphatic carbocycles. The van der Waals surface area contributed by atoms with Crippen LogP contribution in [0, 0.1) is 0 Å². The first-order chi connectivity index (χ1) is 8.43. The molecule has 0 saturated carbocycles. The Hall–Kier alpha value is 0.580. The van der Waals surface area contributed by atoms with Crippen molar-refractivity contribution in [3.8, 4) is 0 Å². The van der Waals surface area contributed by atoms with Crippen LogP contribution in [0.5, 0.6) is 0 Å². The fourth-order valence-electron chi connectivity index (χ4n) is 1.08. The van der Waals surface area contributed by atoms with Gasteiger partial charge < -0.3 is 14.4 Å². The van der Waals surface area contributed by atoms with E-state index in [1.165, 1.54) is 0 Å². The number of ether oxygens (including phenoxy) is 2. The number of thioether (sulfide) groups is 2. The van der Waals surface area contributed by atoms with Gasteiger partial charge in [0.2, 0.25) is 0 Å². The van der Waals surface area contributed by atoms with Crippen molar-refractivity contribution in [2.45, 2.75) is 45.9 Å². The smallest absolute Gasteiger partial charge is 0.0924 e. The van der Waals surface area contributed by atoms with E-state index in [1.807, 2.05) is 23.5 Å². The lowest BCUT2D eigenvalue weighted by atomic mass is 10.4. The standard InChI is InChI=1S/C13H29NO2S2/c1-11(2)15-9-17-7-13(14(5)6)8-18-10-16-12(3)4/h11-13H,7-10H2,1-6H3. The molecule has 0 saturated heterocycles. The summed E-state index contributed by atoms with van der Waals surface area (Å²) in [6.45, 7) is 8.29. The van der Waals surface area contributed by atoms with Crippen LogP contribution < -0.4 is 0 Å². The van der Waals surface area contributed by atoms with Crippen LogP contribution in [0.2, 0.25) is 0 Å². The van der Waals surface area contributed by atoms with Gasteiger partial charge in [0.15, 0.2) is 0 Å². The second-order valence-electron chi connectivity index (χ2n) is 5.03. The molecule has 0 radical (unpaired) electrons. The summed E-state index contributed by atoms with van der Waals surface area (Å²) in [7, 11) is 4.27. The van der Waals surface area contributed by atoms with E-state index in [-0.39, 0.29) is 0 Å². The van der Waals surface area contributed by atoms with Crippen molar-refractivity contribution < 1.29 is 9.47 Å². The maximum absolute atomic E-state index is 5.54. The molecular weight excluding hydrogens is 266 g/mol. The van der Waals surface area contributed by atoms with Crippen molar-refractivity contribution in [2.75, 3.05) is 37.5 Å². The van der Waals surface area contributed by atoms with Gasteiger partial charge in [-0.3, -0.25) is 0 Å². The summed E-state index contributed by atoms with van der Waals surface area (Å²) >= 11 is 3.73. The monoisotopic (exact) mass is 295 g/mol. The molecule has 0 spiro atoms. The van der Waals surface area contributed by atoms with Crippen LogP contribution in [0.25, 0.3) is 0 Å². The summed E-state index contributed by atoms with van der Waals surface area (Å²) in [5, 5.41) is 0. The van der Waals surface area contributed by atoms with E-state index >= 15 is 0 Å². The highest BCUT2D eigenvalue weighted by atomic mass is 32.2. The third kappa shape index (κ3) is 11.7. The Kier molecular flexibility index (Phi) is 11.8. The highest BCUT2D eigenvalue weighted by Gasteiger charge is 2.11. The van der Waals surface area contributed by atoms with Crippen LogP contribution in [-0.2, 0) is 9.47 Å². The highest BCUT2D eigenvalue weighted by Crippen LogP contribution is 2.14. The van der Waals surface area contributed by atoms with Crippen molar-refractivity contribution in [3.05, 3.63) is 0 Å². The predicted molar refractivity (Wildman–Crippen MR) is 84.6 cm³/mol. The minimum Gasteiger partial charge on any atom is -0.368 e. The molecule has 0 unspecified atom stereocenters. The van der Waals surface area contributed by atoms with Gasteiger partial charge in [0.25, 0.3) is 0 Å². The quantitative estimate of drug-likeness (QED) is 0.430. The van der Waals surface area contributed by atoms with Gasteiger partial charge in [-0.2, -0.15) is 0 Å². The van der Waals surface area contributed by atoms with Crippen molar-refractivity contribution in [1.82, 2.24) is 4.90 Å². The lowest BCUT2D eigenvalue weighted by Gasteiger charge is -2.24. The third-order valence-corrected chi connectivity index (χ3v) is 4.17. The number of rotatable bonds is 11. The van der Waals surface area contributed by atoms with Gasteiger partial charge >= 0.3 is 0 Å². The molecule has 0 aromatic carbocycles. The Bertz CT molecular complexity index is 174. The maximum atomic E-state index is 5.54. The van der Waals surface area contributed by atoms with Gasteiger partial charge in [0.05, 0.1) is 24.1 Å². The summed E-state index contributed by atoms with van der Waals surface area (Å²) in [6, 6.07) is 0.575. The summed E-state index contributed by atoms with van der Waals surface area (Å²) in [5.74, 6) is 3.78. The zero-order valence-electron chi connectivity index (χ0n) is 12.6. The van der Waals surface area contributed by atoms with Gasteiger partial charge in [-0.15, -0.1) is 23.5 Å². The first-order valence-corrected chi connectivity index (χ1v) is 8.79. The molecule has 0 rings (SSSR count). The highest BCUT2D eigenvalue weighted by molar-refractivity contribution is 8.00. The molecule has 3 nitrogen and oxygen atoms in total. The Labute approximate surface area is 121 Å². The van der Waals surface area contributed by atoms with Crippen LogP contribution in [-0.4, -0.2) is 60.6 Å². The molecule has 0 aromatic heterocycles. The van der Waals surface area contributed by atoms with E-state index in [0.717, 1.165) is 23.4 Å². The summed E-state index contributed by atoms with van der Waals surface area (Å²) < 4.78 is 11.1. The molecule has 0 amide bonds. The first-order valence-electron chi connectivity index (χ1n) is 6.48.